The molecule has 0 saturated carbocycles. The molecule has 2 saturated heterocycles. The predicted octanol–water partition coefficient (Wildman–Crippen LogP) is 1.26. The molecule has 3 N–H and O–H groups in total. The quantitative estimate of drug-likeness (QED) is 0.586. The summed E-state index contributed by atoms with van der Waals surface area (Å²) in [4.78, 5) is 54.4. The molecule has 0 radical (unpaired) electrons. The Kier molecular flexibility index (Phi) is 5.15. The van der Waals surface area contributed by atoms with E-state index in [0.717, 1.165) is 16.9 Å². The zero-order valence-corrected chi connectivity index (χ0v) is 18.9. The summed E-state index contributed by atoms with van der Waals surface area (Å²) in [5.74, 6) is -0.746. The van der Waals surface area contributed by atoms with Gasteiger partial charge in [-0.1, -0.05) is 12.1 Å². The second kappa shape index (κ2) is 8.05. The lowest BCUT2D eigenvalue weighted by molar-refractivity contribution is -0.146. The zero-order chi connectivity index (χ0) is 24.0. The number of anilines is 3. The van der Waals surface area contributed by atoms with Crippen LogP contribution < -0.4 is 30.5 Å². The van der Waals surface area contributed by atoms with Crippen LogP contribution in [0.1, 0.15) is 12.5 Å². The largest absolute Gasteiger partial charge is 0.495 e. The molecule has 3 heterocycles. The van der Waals surface area contributed by atoms with Gasteiger partial charge in [0.15, 0.2) is 5.41 Å². The Bertz CT molecular complexity index is 1190. The fourth-order valence-electron chi connectivity index (χ4n) is 5.34. The Labute approximate surface area is 196 Å². The fraction of sp³-hybridized carbons (Fsp3) is 0.333. The average Bonchev–Trinajstić information content (AvgIpc) is 2.81. The number of barbiturate groups is 1. The van der Waals surface area contributed by atoms with Crippen LogP contribution in [0.5, 0.6) is 5.75 Å². The van der Waals surface area contributed by atoms with Crippen molar-refractivity contribution in [1.29, 1.82) is 0 Å². The smallest absolute Gasteiger partial charge is 0.328 e. The van der Waals surface area contributed by atoms with Crippen molar-refractivity contribution < 1.29 is 23.9 Å². The number of hydrogen-bond acceptors (Lipinski definition) is 7. The number of ether oxygens (including phenoxy) is 1. The number of nitrogens with one attached hydrogen (secondary N) is 3. The highest BCUT2D eigenvalue weighted by atomic mass is 16.5. The molecule has 2 aromatic rings. The van der Waals surface area contributed by atoms with Crippen LogP contribution in [-0.2, 0) is 20.8 Å². The van der Waals surface area contributed by atoms with E-state index in [1.165, 1.54) is 6.92 Å². The molecule has 0 aliphatic carbocycles. The minimum atomic E-state index is -1.52. The van der Waals surface area contributed by atoms with Crippen LogP contribution in [0.3, 0.4) is 0 Å². The lowest BCUT2D eigenvalue weighted by atomic mass is 9.68. The van der Waals surface area contributed by atoms with E-state index in [9.17, 15) is 19.2 Å². The van der Waals surface area contributed by atoms with Crippen molar-refractivity contribution in [2.75, 3.05) is 41.9 Å². The molecule has 0 unspecified atom stereocenters. The van der Waals surface area contributed by atoms with Gasteiger partial charge < -0.3 is 19.9 Å². The number of carbonyl (C=O) groups excluding carboxylic acids is 4. The van der Waals surface area contributed by atoms with Crippen LogP contribution in [-0.4, -0.2) is 56.5 Å². The Morgan fingerprint density at radius 2 is 1.79 bits per heavy atom. The third kappa shape index (κ3) is 3.33. The predicted molar refractivity (Wildman–Crippen MR) is 125 cm³/mol. The number of amides is 5. The van der Waals surface area contributed by atoms with Gasteiger partial charge in [0.05, 0.1) is 18.8 Å². The van der Waals surface area contributed by atoms with Crippen molar-refractivity contribution in [3.63, 3.8) is 0 Å². The van der Waals surface area contributed by atoms with Gasteiger partial charge >= 0.3 is 6.03 Å². The molecule has 3 aliphatic rings. The molecule has 5 amide bonds. The van der Waals surface area contributed by atoms with E-state index in [2.05, 4.69) is 25.8 Å². The number of piperazine rings is 1. The van der Waals surface area contributed by atoms with Crippen LogP contribution in [0.15, 0.2) is 42.5 Å². The first kappa shape index (κ1) is 21.7. The third-order valence-electron chi connectivity index (χ3n) is 6.82. The maximum Gasteiger partial charge on any atom is 0.328 e. The highest BCUT2D eigenvalue weighted by molar-refractivity contribution is 6.20. The summed E-state index contributed by atoms with van der Waals surface area (Å²) in [6.07, 6.45) is 0.0988. The van der Waals surface area contributed by atoms with Crippen molar-refractivity contribution in [2.45, 2.75) is 19.4 Å². The Morgan fingerprint density at radius 3 is 2.50 bits per heavy atom. The Morgan fingerprint density at radius 1 is 1.06 bits per heavy atom. The molecule has 10 heteroatoms. The van der Waals surface area contributed by atoms with Crippen molar-refractivity contribution >= 4 is 40.8 Å². The van der Waals surface area contributed by atoms with Gasteiger partial charge in [-0.2, -0.15) is 0 Å². The minimum absolute atomic E-state index is 0.0988. The number of hydrogen-bond donors (Lipinski definition) is 3. The molecule has 2 aromatic carbocycles. The number of para-hydroxylation sites is 2. The van der Waals surface area contributed by atoms with Crippen LogP contribution in [0.2, 0.25) is 0 Å². The zero-order valence-electron chi connectivity index (χ0n) is 18.9. The number of carbonyl (C=O) groups is 4. The minimum Gasteiger partial charge on any atom is -0.495 e. The first-order chi connectivity index (χ1) is 16.3. The molecule has 34 heavy (non-hydrogen) atoms. The summed E-state index contributed by atoms with van der Waals surface area (Å²) in [7, 11) is 1.60. The first-order valence-electron chi connectivity index (χ1n) is 11.1. The van der Waals surface area contributed by atoms with Crippen LogP contribution in [0.4, 0.5) is 21.9 Å². The maximum absolute atomic E-state index is 13.4. The molecule has 5 rings (SSSR count). The fourth-order valence-corrected chi connectivity index (χ4v) is 5.34. The Balaban J connectivity index is 1.60. The summed E-state index contributed by atoms with van der Waals surface area (Å²) >= 11 is 0. The van der Waals surface area contributed by atoms with E-state index in [1.807, 2.05) is 36.4 Å². The number of nitrogens with zero attached hydrogens (tertiary/aromatic N) is 2. The first-order valence-corrected chi connectivity index (χ1v) is 11.1. The van der Waals surface area contributed by atoms with E-state index in [-0.39, 0.29) is 12.3 Å². The van der Waals surface area contributed by atoms with Gasteiger partial charge in [0.25, 0.3) is 0 Å². The van der Waals surface area contributed by atoms with E-state index in [4.69, 9.17) is 4.74 Å². The molecule has 0 bridgehead atoms. The van der Waals surface area contributed by atoms with Crippen molar-refractivity contribution in [3.05, 3.63) is 48.0 Å². The molecule has 1 atom stereocenters. The topological polar surface area (TPSA) is 120 Å². The van der Waals surface area contributed by atoms with Gasteiger partial charge in [0.2, 0.25) is 17.7 Å². The van der Waals surface area contributed by atoms with Crippen molar-refractivity contribution in [2.24, 2.45) is 5.41 Å². The number of fused-ring (bicyclic) bond motifs is 4. The van der Waals surface area contributed by atoms with Crippen molar-refractivity contribution in [3.8, 4) is 5.75 Å². The molecule has 3 aliphatic heterocycles. The summed E-state index contributed by atoms with van der Waals surface area (Å²) in [6, 6.07) is 11.8. The van der Waals surface area contributed by atoms with Gasteiger partial charge in [-0.3, -0.25) is 25.0 Å². The maximum atomic E-state index is 13.4. The molecule has 0 aromatic heterocycles. The number of methoxy groups -OCH3 is 1. The van der Waals surface area contributed by atoms with E-state index in [0.29, 0.717) is 31.1 Å². The van der Waals surface area contributed by atoms with Gasteiger partial charge in [-0.05, 0) is 42.3 Å². The highest BCUT2D eigenvalue weighted by Crippen LogP contribution is 2.46. The normalized spacial score (nSPS) is 20.8. The van der Waals surface area contributed by atoms with Crippen molar-refractivity contribution in [1.82, 2.24) is 10.6 Å². The van der Waals surface area contributed by atoms with Gasteiger partial charge in [0.1, 0.15) is 5.75 Å². The second-order valence-electron chi connectivity index (χ2n) is 8.74. The molecule has 10 nitrogen and oxygen atoms in total. The number of imide groups is 2. The van der Waals surface area contributed by atoms with Crippen LogP contribution in [0.25, 0.3) is 0 Å². The van der Waals surface area contributed by atoms with E-state index in [1.54, 1.807) is 13.2 Å². The lowest BCUT2D eigenvalue weighted by Gasteiger charge is -2.54. The monoisotopic (exact) mass is 463 g/mol. The highest BCUT2D eigenvalue weighted by Gasteiger charge is 2.61. The van der Waals surface area contributed by atoms with Crippen LogP contribution >= 0.6 is 0 Å². The summed E-state index contributed by atoms with van der Waals surface area (Å²) in [5.41, 5.74) is 1.60. The number of urea groups is 1. The number of rotatable bonds is 3. The molecular formula is C24H25N5O5. The molecular weight excluding hydrogens is 438 g/mol. The second-order valence-corrected chi connectivity index (χ2v) is 8.74. The molecule has 2 fully saturated rings. The SMILES string of the molecule is COc1ccccc1N1CCN2c3ccc(NC(C)=O)cc3CC3(C(=O)NC(=O)NC3=O)[C@H]2C1. The van der Waals surface area contributed by atoms with Gasteiger partial charge in [0, 0.05) is 37.9 Å². The van der Waals surface area contributed by atoms with Gasteiger partial charge in [-0.25, -0.2) is 4.79 Å². The Hall–Kier alpha value is -4.08. The summed E-state index contributed by atoms with van der Waals surface area (Å²) < 4.78 is 5.54. The number of benzene rings is 2. The third-order valence-corrected chi connectivity index (χ3v) is 6.82. The molecule has 176 valence electrons. The lowest BCUT2D eigenvalue weighted by Crippen LogP contribution is -2.74. The van der Waals surface area contributed by atoms with Gasteiger partial charge in [-0.15, -0.1) is 0 Å². The summed E-state index contributed by atoms with van der Waals surface area (Å²) in [6.45, 7) is 2.98. The van der Waals surface area contributed by atoms with E-state index < -0.39 is 29.3 Å². The standard InChI is InChI=1S/C24H25N5O5/c1-14(30)25-16-7-8-17-15(11-16)12-24(21(31)26-23(33)27-22(24)32)20-13-28(9-10-29(17)20)18-5-3-4-6-19(18)34-2/h3-8,11,20H,9-10,12-13H2,1-2H3,(H,25,30)(H2,26,27,31,32,33)/t20-/m1/s1. The molecule has 1 spiro atoms. The van der Waals surface area contributed by atoms with Crippen LogP contribution in [0, 0.1) is 5.41 Å². The van der Waals surface area contributed by atoms with E-state index >= 15 is 0 Å². The summed E-state index contributed by atoms with van der Waals surface area (Å²) in [5, 5.41) is 7.37. The average molecular weight is 463 g/mol.